The lowest BCUT2D eigenvalue weighted by Gasteiger charge is -2.27. The van der Waals surface area contributed by atoms with Gasteiger partial charge in [-0.3, -0.25) is 0 Å². The van der Waals surface area contributed by atoms with Gasteiger partial charge in [0, 0.05) is 13.2 Å². The fourth-order valence-corrected chi connectivity index (χ4v) is 3.09. The van der Waals surface area contributed by atoms with Crippen LogP contribution in [0.5, 0.6) is 0 Å². The van der Waals surface area contributed by atoms with E-state index in [1.54, 1.807) is 7.11 Å². The Morgan fingerprint density at radius 3 is 2.75 bits per heavy atom. The number of hydrogen-bond donors (Lipinski definition) is 1. The van der Waals surface area contributed by atoms with Crippen LogP contribution in [-0.4, -0.2) is 25.8 Å². The molecule has 0 aliphatic heterocycles. The maximum atomic E-state index is 13.3. The molecule has 0 radical (unpaired) electrons. The second-order valence-electron chi connectivity index (χ2n) is 5.55. The molecule has 1 aliphatic carbocycles. The van der Waals surface area contributed by atoms with E-state index in [1.807, 2.05) is 12.1 Å². The Morgan fingerprint density at radius 2 is 2.20 bits per heavy atom. The van der Waals surface area contributed by atoms with Gasteiger partial charge in [0.1, 0.15) is 5.82 Å². The molecule has 2 rings (SSSR count). The second kappa shape index (κ2) is 7.53. The molecule has 1 aliphatic rings. The summed E-state index contributed by atoms with van der Waals surface area (Å²) in [6.45, 7) is 3.15. The monoisotopic (exact) mass is 343 g/mol. The average Bonchev–Trinajstić information content (AvgIpc) is 3.25. The maximum absolute atomic E-state index is 13.3. The number of methoxy groups -OCH3 is 1. The summed E-state index contributed by atoms with van der Waals surface area (Å²) in [5, 5.41) is 3.59. The van der Waals surface area contributed by atoms with Crippen LogP contribution in [0.1, 0.15) is 31.7 Å². The molecule has 2 nitrogen and oxygen atoms in total. The minimum absolute atomic E-state index is 0.211. The van der Waals surface area contributed by atoms with E-state index in [1.165, 1.54) is 18.9 Å². The van der Waals surface area contributed by atoms with Crippen molar-refractivity contribution in [2.75, 3.05) is 13.7 Å². The zero-order valence-corrected chi connectivity index (χ0v) is 13.7. The van der Waals surface area contributed by atoms with E-state index in [4.69, 9.17) is 4.74 Å². The highest BCUT2D eigenvalue weighted by Crippen LogP contribution is 2.36. The van der Waals surface area contributed by atoms with Crippen molar-refractivity contribution < 1.29 is 9.13 Å². The van der Waals surface area contributed by atoms with Crippen molar-refractivity contribution in [1.82, 2.24) is 5.32 Å². The lowest BCUT2D eigenvalue weighted by atomic mass is 9.98. The first kappa shape index (κ1) is 15.9. The summed E-state index contributed by atoms with van der Waals surface area (Å²) < 4.78 is 19.6. The smallest absolute Gasteiger partial charge is 0.137 e. The van der Waals surface area contributed by atoms with E-state index in [9.17, 15) is 4.39 Å². The van der Waals surface area contributed by atoms with Crippen LogP contribution in [0.25, 0.3) is 0 Å². The quantitative estimate of drug-likeness (QED) is 0.772. The zero-order valence-electron chi connectivity index (χ0n) is 12.2. The molecule has 1 N–H and O–H groups in total. The number of benzene rings is 1. The number of ether oxygens (including phenoxy) is 1. The zero-order chi connectivity index (χ0) is 14.5. The molecule has 1 aromatic carbocycles. The molecule has 0 aromatic heterocycles. The van der Waals surface area contributed by atoms with Gasteiger partial charge in [-0.25, -0.2) is 4.39 Å². The predicted molar refractivity (Wildman–Crippen MR) is 83.4 cm³/mol. The van der Waals surface area contributed by atoms with Crippen molar-refractivity contribution in [3.63, 3.8) is 0 Å². The Hall–Kier alpha value is -0.450. The van der Waals surface area contributed by atoms with Gasteiger partial charge in [-0.05, 0) is 71.8 Å². The van der Waals surface area contributed by atoms with E-state index in [2.05, 4.69) is 28.2 Å². The Labute approximate surface area is 129 Å². The fraction of sp³-hybridized carbons (Fsp3) is 0.625. The lowest BCUT2D eigenvalue weighted by molar-refractivity contribution is 0.0511. The highest BCUT2D eigenvalue weighted by molar-refractivity contribution is 9.10. The van der Waals surface area contributed by atoms with Gasteiger partial charge in [0.2, 0.25) is 0 Å². The standard InChI is InChI=1S/C16H23BrFNO/c1-3-8-19-15(16(20-2)12-5-6-12)10-11-4-7-14(18)13(17)9-11/h4,7,9,12,15-16,19H,3,5-6,8,10H2,1-2H3. The first-order valence-electron chi connectivity index (χ1n) is 7.35. The lowest BCUT2D eigenvalue weighted by Crippen LogP contribution is -2.44. The van der Waals surface area contributed by atoms with Crippen LogP contribution in [-0.2, 0) is 11.2 Å². The fourth-order valence-electron chi connectivity index (χ4n) is 2.66. The Bertz CT molecular complexity index is 436. The van der Waals surface area contributed by atoms with Gasteiger partial charge in [0.15, 0.2) is 0 Å². The van der Waals surface area contributed by atoms with Crippen molar-refractivity contribution in [2.24, 2.45) is 5.92 Å². The Morgan fingerprint density at radius 1 is 1.45 bits per heavy atom. The first-order chi connectivity index (χ1) is 9.65. The summed E-state index contributed by atoms with van der Waals surface area (Å²) in [5.41, 5.74) is 1.13. The van der Waals surface area contributed by atoms with Gasteiger partial charge >= 0.3 is 0 Å². The number of hydrogen-bond acceptors (Lipinski definition) is 2. The summed E-state index contributed by atoms with van der Waals surface area (Å²) >= 11 is 3.26. The van der Waals surface area contributed by atoms with Crippen molar-refractivity contribution in [2.45, 2.75) is 44.8 Å². The molecular formula is C16H23BrFNO. The van der Waals surface area contributed by atoms with Crippen molar-refractivity contribution in [3.05, 3.63) is 34.1 Å². The first-order valence-corrected chi connectivity index (χ1v) is 8.15. The van der Waals surface area contributed by atoms with E-state index >= 15 is 0 Å². The van der Waals surface area contributed by atoms with Crippen LogP contribution in [0.15, 0.2) is 22.7 Å². The Kier molecular flexibility index (Phi) is 6.00. The van der Waals surface area contributed by atoms with Crippen LogP contribution in [0.4, 0.5) is 4.39 Å². The maximum Gasteiger partial charge on any atom is 0.137 e. The summed E-state index contributed by atoms with van der Waals surface area (Å²) in [6, 6.07) is 5.55. The molecule has 1 saturated carbocycles. The normalized spacial score (nSPS) is 18.0. The van der Waals surface area contributed by atoms with Crippen LogP contribution < -0.4 is 5.32 Å². The van der Waals surface area contributed by atoms with Gasteiger partial charge in [0.25, 0.3) is 0 Å². The van der Waals surface area contributed by atoms with E-state index in [0.717, 1.165) is 24.9 Å². The molecule has 1 fully saturated rings. The Balaban J connectivity index is 2.07. The summed E-state index contributed by atoms with van der Waals surface area (Å²) in [4.78, 5) is 0. The molecule has 0 spiro atoms. The number of rotatable bonds is 8. The minimum Gasteiger partial charge on any atom is -0.380 e. The third-order valence-electron chi connectivity index (χ3n) is 3.85. The number of halogens is 2. The van der Waals surface area contributed by atoms with Gasteiger partial charge < -0.3 is 10.1 Å². The third-order valence-corrected chi connectivity index (χ3v) is 4.46. The van der Waals surface area contributed by atoms with Crippen LogP contribution in [0, 0.1) is 11.7 Å². The molecule has 20 heavy (non-hydrogen) atoms. The van der Waals surface area contributed by atoms with E-state index < -0.39 is 0 Å². The molecule has 2 unspecified atom stereocenters. The molecule has 0 saturated heterocycles. The topological polar surface area (TPSA) is 21.3 Å². The van der Waals surface area contributed by atoms with Crippen LogP contribution in [0.3, 0.4) is 0 Å². The van der Waals surface area contributed by atoms with Crippen molar-refractivity contribution >= 4 is 15.9 Å². The molecule has 4 heteroatoms. The molecule has 112 valence electrons. The third kappa shape index (κ3) is 4.27. The van der Waals surface area contributed by atoms with Gasteiger partial charge in [0.05, 0.1) is 10.6 Å². The highest BCUT2D eigenvalue weighted by Gasteiger charge is 2.36. The van der Waals surface area contributed by atoms with Gasteiger partial charge in [-0.1, -0.05) is 13.0 Å². The van der Waals surface area contributed by atoms with E-state index in [-0.39, 0.29) is 11.9 Å². The van der Waals surface area contributed by atoms with Crippen molar-refractivity contribution in [1.29, 1.82) is 0 Å². The minimum atomic E-state index is -0.211. The number of nitrogens with one attached hydrogen (secondary N) is 1. The van der Waals surface area contributed by atoms with Gasteiger partial charge in [-0.2, -0.15) is 0 Å². The van der Waals surface area contributed by atoms with Crippen LogP contribution >= 0.6 is 15.9 Å². The molecule has 0 heterocycles. The second-order valence-corrected chi connectivity index (χ2v) is 6.41. The SMILES string of the molecule is CCCNC(Cc1ccc(F)c(Br)c1)C(OC)C1CC1. The van der Waals surface area contributed by atoms with Crippen molar-refractivity contribution in [3.8, 4) is 0 Å². The molecule has 1 aromatic rings. The van der Waals surface area contributed by atoms with Gasteiger partial charge in [-0.15, -0.1) is 0 Å². The molecule has 0 bridgehead atoms. The summed E-state index contributed by atoms with van der Waals surface area (Å²) in [7, 11) is 1.80. The summed E-state index contributed by atoms with van der Waals surface area (Å²) in [6.07, 6.45) is 4.75. The van der Waals surface area contributed by atoms with E-state index in [0.29, 0.717) is 16.4 Å². The molecular weight excluding hydrogens is 321 g/mol. The highest BCUT2D eigenvalue weighted by atomic mass is 79.9. The molecule has 0 amide bonds. The molecule has 2 atom stereocenters. The predicted octanol–water partition coefficient (Wildman–Crippen LogP) is 3.92. The largest absolute Gasteiger partial charge is 0.380 e. The summed E-state index contributed by atoms with van der Waals surface area (Å²) in [5.74, 6) is 0.468. The average molecular weight is 344 g/mol. The van der Waals surface area contributed by atoms with Crippen LogP contribution in [0.2, 0.25) is 0 Å².